The van der Waals surface area contributed by atoms with Gasteiger partial charge in [0.1, 0.15) is 5.52 Å². The fourth-order valence-corrected chi connectivity index (χ4v) is 3.22. The number of para-hydroxylation sites is 2. The molecule has 0 aliphatic carbocycles. The van der Waals surface area contributed by atoms with E-state index in [0.29, 0.717) is 0 Å². The average molecular weight is 324 g/mol. The van der Waals surface area contributed by atoms with Crippen LogP contribution in [0.15, 0.2) is 39.5 Å². The van der Waals surface area contributed by atoms with Crippen LogP contribution >= 0.6 is 0 Å². The Morgan fingerprint density at radius 3 is 3.04 bits per heavy atom. The van der Waals surface area contributed by atoms with Crippen molar-refractivity contribution in [3.8, 4) is 0 Å². The van der Waals surface area contributed by atoms with E-state index in [1.54, 1.807) is 13.1 Å². The lowest BCUT2D eigenvalue weighted by Crippen LogP contribution is -2.35. The Balaban J connectivity index is 1.36. The summed E-state index contributed by atoms with van der Waals surface area (Å²) in [4.78, 5) is 18.6. The number of benzene rings is 1. The van der Waals surface area contributed by atoms with Crippen LogP contribution in [0.3, 0.4) is 0 Å². The Morgan fingerprint density at radius 2 is 2.17 bits per heavy atom. The van der Waals surface area contributed by atoms with Gasteiger partial charge in [0, 0.05) is 39.0 Å². The number of hydrogen-bond acceptors (Lipinski definition) is 5. The molecule has 1 aliphatic heterocycles. The van der Waals surface area contributed by atoms with Crippen LogP contribution in [0.2, 0.25) is 0 Å². The Kier molecular flexibility index (Phi) is 3.90. The maximum absolute atomic E-state index is 11.7. The molecule has 6 nitrogen and oxygen atoms in total. The van der Waals surface area contributed by atoms with E-state index in [-0.39, 0.29) is 5.56 Å². The average Bonchev–Trinajstić information content (AvgIpc) is 2.99. The third-order valence-corrected chi connectivity index (χ3v) is 4.52. The van der Waals surface area contributed by atoms with Crippen LogP contribution < -0.4 is 5.56 Å². The highest BCUT2D eigenvalue weighted by atomic mass is 16.3. The third-order valence-electron chi connectivity index (χ3n) is 4.52. The van der Waals surface area contributed by atoms with E-state index in [9.17, 15) is 4.79 Å². The second-order valence-electron chi connectivity index (χ2n) is 6.28. The molecule has 0 amide bonds. The van der Waals surface area contributed by atoms with Gasteiger partial charge in [-0.2, -0.15) is 5.10 Å². The molecule has 0 saturated heterocycles. The summed E-state index contributed by atoms with van der Waals surface area (Å²) in [5, 5.41) is 4.35. The van der Waals surface area contributed by atoms with Gasteiger partial charge in [0.25, 0.3) is 5.56 Å². The molecule has 4 rings (SSSR count). The molecule has 24 heavy (non-hydrogen) atoms. The van der Waals surface area contributed by atoms with Crippen LogP contribution in [-0.2, 0) is 26.4 Å². The second-order valence-corrected chi connectivity index (χ2v) is 6.28. The van der Waals surface area contributed by atoms with Crippen LogP contribution in [0, 0.1) is 0 Å². The van der Waals surface area contributed by atoms with Crippen molar-refractivity contribution in [3.05, 3.63) is 57.8 Å². The highest BCUT2D eigenvalue weighted by Crippen LogP contribution is 2.18. The lowest BCUT2D eigenvalue weighted by Gasteiger charge is -2.27. The topological polar surface area (TPSA) is 64.2 Å². The maximum atomic E-state index is 11.7. The van der Waals surface area contributed by atoms with Gasteiger partial charge in [-0.25, -0.2) is 9.67 Å². The van der Waals surface area contributed by atoms with Gasteiger partial charge in [0.15, 0.2) is 11.5 Å². The standard InChI is InChI=1S/C18H20N4O2/c1-21-18(23)11-13-12-22(10-8-14(13)20-21)9-4-7-17-19-15-5-2-3-6-16(15)24-17/h2-3,5-6,11H,4,7-10,12H2,1H3. The lowest BCUT2D eigenvalue weighted by atomic mass is 10.1. The molecule has 0 N–H and O–H groups in total. The van der Waals surface area contributed by atoms with Crippen molar-refractivity contribution in [3.63, 3.8) is 0 Å². The van der Waals surface area contributed by atoms with E-state index < -0.39 is 0 Å². The predicted molar refractivity (Wildman–Crippen MR) is 90.8 cm³/mol. The van der Waals surface area contributed by atoms with Gasteiger partial charge in [-0.05, 0) is 30.7 Å². The lowest BCUT2D eigenvalue weighted by molar-refractivity contribution is 0.245. The quantitative estimate of drug-likeness (QED) is 0.733. The minimum Gasteiger partial charge on any atom is -0.441 e. The Labute approximate surface area is 139 Å². The molecule has 3 aromatic rings. The van der Waals surface area contributed by atoms with E-state index >= 15 is 0 Å². The Morgan fingerprint density at radius 1 is 1.29 bits per heavy atom. The van der Waals surface area contributed by atoms with Crippen LogP contribution in [0.5, 0.6) is 0 Å². The summed E-state index contributed by atoms with van der Waals surface area (Å²) in [6, 6.07) is 9.56. The molecule has 0 spiro atoms. The maximum Gasteiger partial charge on any atom is 0.266 e. The van der Waals surface area contributed by atoms with Gasteiger partial charge in [-0.15, -0.1) is 0 Å². The number of rotatable bonds is 4. The second kappa shape index (κ2) is 6.20. The molecule has 3 heterocycles. The zero-order valence-corrected chi connectivity index (χ0v) is 13.7. The molecule has 1 aliphatic rings. The van der Waals surface area contributed by atoms with Crippen LogP contribution in [0.1, 0.15) is 23.6 Å². The fraction of sp³-hybridized carbons (Fsp3) is 0.389. The number of aryl methyl sites for hydroxylation is 2. The van der Waals surface area contributed by atoms with Gasteiger partial charge in [0.2, 0.25) is 0 Å². The summed E-state index contributed by atoms with van der Waals surface area (Å²) in [6.45, 7) is 2.74. The molecule has 0 fully saturated rings. The highest BCUT2D eigenvalue weighted by Gasteiger charge is 2.18. The van der Waals surface area contributed by atoms with Crippen molar-refractivity contribution in [1.82, 2.24) is 19.7 Å². The molecule has 0 unspecified atom stereocenters. The first-order chi connectivity index (χ1) is 11.7. The zero-order chi connectivity index (χ0) is 16.5. The van der Waals surface area contributed by atoms with E-state index in [0.717, 1.165) is 67.1 Å². The van der Waals surface area contributed by atoms with Crippen molar-refractivity contribution in [1.29, 1.82) is 0 Å². The van der Waals surface area contributed by atoms with Crippen molar-refractivity contribution in [2.45, 2.75) is 25.8 Å². The first kappa shape index (κ1) is 15.1. The van der Waals surface area contributed by atoms with Crippen molar-refractivity contribution in [2.75, 3.05) is 13.1 Å². The smallest absolute Gasteiger partial charge is 0.266 e. The predicted octanol–water partition coefficient (Wildman–Crippen LogP) is 1.91. The molecule has 6 heteroatoms. The summed E-state index contributed by atoms with van der Waals surface area (Å²) in [5.41, 5.74) is 3.84. The summed E-state index contributed by atoms with van der Waals surface area (Å²) >= 11 is 0. The summed E-state index contributed by atoms with van der Waals surface area (Å²) < 4.78 is 7.18. The number of fused-ring (bicyclic) bond motifs is 2. The number of hydrogen-bond donors (Lipinski definition) is 0. The molecule has 124 valence electrons. The zero-order valence-electron chi connectivity index (χ0n) is 13.7. The number of oxazole rings is 1. The third kappa shape index (κ3) is 2.97. The summed E-state index contributed by atoms with van der Waals surface area (Å²) in [5.74, 6) is 0.796. The van der Waals surface area contributed by atoms with Gasteiger partial charge in [0.05, 0.1) is 5.69 Å². The van der Waals surface area contributed by atoms with E-state index in [4.69, 9.17) is 4.42 Å². The molecule has 0 radical (unpaired) electrons. The summed E-state index contributed by atoms with van der Waals surface area (Å²) in [7, 11) is 1.70. The molecule has 2 aromatic heterocycles. The molecule has 0 bridgehead atoms. The summed E-state index contributed by atoms with van der Waals surface area (Å²) in [6.07, 6.45) is 2.71. The van der Waals surface area contributed by atoms with Crippen molar-refractivity contribution >= 4 is 11.1 Å². The molecular formula is C18H20N4O2. The van der Waals surface area contributed by atoms with Gasteiger partial charge >= 0.3 is 0 Å². The van der Waals surface area contributed by atoms with Crippen LogP contribution in [0.25, 0.3) is 11.1 Å². The highest BCUT2D eigenvalue weighted by molar-refractivity contribution is 5.72. The van der Waals surface area contributed by atoms with Crippen molar-refractivity contribution < 1.29 is 4.42 Å². The molecule has 0 atom stereocenters. The normalized spacial score (nSPS) is 14.9. The Bertz CT molecular complexity index is 895. The van der Waals surface area contributed by atoms with Crippen LogP contribution in [0.4, 0.5) is 0 Å². The first-order valence-electron chi connectivity index (χ1n) is 8.32. The van der Waals surface area contributed by atoms with Crippen molar-refractivity contribution in [2.24, 2.45) is 7.05 Å². The van der Waals surface area contributed by atoms with Gasteiger partial charge in [-0.1, -0.05) is 12.1 Å². The van der Waals surface area contributed by atoms with E-state index in [2.05, 4.69) is 15.0 Å². The van der Waals surface area contributed by atoms with Crippen LogP contribution in [-0.4, -0.2) is 32.8 Å². The Hall–Kier alpha value is -2.47. The molecule has 1 aromatic carbocycles. The first-order valence-corrected chi connectivity index (χ1v) is 8.32. The SMILES string of the molecule is Cn1nc2c(cc1=O)CN(CCCc1nc3ccccc3o1)CC2. The van der Waals surface area contributed by atoms with Gasteiger partial charge in [-0.3, -0.25) is 9.69 Å². The minimum atomic E-state index is -0.0397. The number of aromatic nitrogens is 3. The van der Waals surface area contributed by atoms with E-state index in [1.165, 1.54) is 4.68 Å². The number of nitrogens with zero attached hydrogens (tertiary/aromatic N) is 4. The molecular weight excluding hydrogens is 304 g/mol. The molecule has 0 saturated carbocycles. The minimum absolute atomic E-state index is 0.0397. The monoisotopic (exact) mass is 324 g/mol. The van der Waals surface area contributed by atoms with E-state index in [1.807, 2.05) is 24.3 Å². The fourth-order valence-electron chi connectivity index (χ4n) is 3.22. The van der Waals surface area contributed by atoms with Gasteiger partial charge < -0.3 is 4.42 Å². The largest absolute Gasteiger partial charge is 0.441 e.